The molecule has 0 atom stereocenters. The molecule has 0 saturated heterocycles. The van der Waals surface area contributed by atoms with Crippen molar-refractivity contribution in [1.29, 1.82) is 0 Å². The average molecular weight is 241 g/mol. The van der Waals surface area contributed by atoms with E-state index in [2.05, 4.69) is 15.3 Å². The van der Waals surface area contributed by atoms with Gasteiger partial charge < -0.3 is 5.32 Å². The van der Waals surface area contributed by atoms with Crippen LogP contribution < -0.4 is 5.32 Å². The van der Waals surface area contributed by atoms with Gasteiger partial charge in [0.15, 0.2) is 0 Å². The van der Waals surface area contributed by atoms with E-state index in [1.54, 1.807) is 6.20 Å². The number of rotatable bonds is 2. The Bertz CT molecular complexity index is 556. The van der Waals surface area contributed by atoms with E-state index in [0.29, 0.717) is 5.69 Å². The molecular weight excluding hydrogens is 226 g/mol. The van der Waals surface area contributed by atoms with E-state index in [-0.39, 0.29) is 5.91 Å². The molecule has 0 fully saturated rings. The van der Waals surface area contributed by atoms with Crippen LogP contribution in [0.15, 0.2) is 30.7 Å². The molecule has 18 heavy (non-hydrogen) atoms. The van der Waals surface area contributed by atoms with Gasteiger partial charge in [0.05, 0.1) is 6.20 Å². The minimum Gasteiger partial charge on any atom is -0.320 e. The lowest BCUT2D eigenvalue weighted by molar-refractivity contribution is 0.102. The van der Waals surface area contributed by atoms with E-state index < -0.39 is 0 Å². The summed E-state index contributed by atoms with van der Waals surface area (Å²) in [4.78, 5) is 19.9. The molecule has 0 saturated carbocycles. The number of carbonyl (C=O) groups is 1. The minimum atomic E-state index is -0.238. The van der Waals surface area contributed by atoms with Crippen LogP contribution in [0.25, 0.3) is 0 Å². The summed E-state index contributed by atoms with van der Waals surface area (Å²) in [5, 5.41) is 2.88. The second-order valence-electron chi connectivity index (χ2n) is 4.32. The quantitative estimate of drug-likeness (QED) is 0.879. The summed E-state index contributed by atoms with van der Waals surface area (Å²) in [5.74, 6) is -0.238. The van der Waals surface area contributed by atoms with E-state index in [9.17, 15) is 4.79 Å². The predicted octanol–water partition coefficient (Wildman–Crippen LogP) is 2.65. The first-order valence-corrected chi connectivity index (χ1v) is 5.73. The van der Waals surface area contributed by atoms with Crippen LogP contribution >= 0.6 is 0 Å². The Morgan fingerprint density at radius 3 is 2.33 bits per heavy atom. The van der Waals surface area contributed by atoms with Gasteiger partial charge in [0.2, 0.25) is 0 Å². The van der Waals surface area contributed by atoms with Gasteiger partial charge in [-0.25, -0.2) is 4.98 Å². The lowest BCUT2D eigenvalue weighted by Crippen LogP contribution is -2.15. The van der Waals surface area contributed by atoms with Gasteiger partial charge in [-0.15, -0.1) is 0 Å². The molecule has 4 nitrogen and oxygen atoms in total. The lowest BCUT2D eigenvalue weighted by atomic mass is 10.1. The highest BCUT2D eigenvalue weighted by molar-refractivity contribution is 6.03. The number of benzene rings is 1. The van der Waals surface area contributed by atoms with Crippen molar-refractivity contribution in [3.8, 4) is 0 Å². The minimum absolute atomic E-state index is 0.238. The number of nitrogens with one attached hydrogen (secondary N) is 1. The van der Waals surface area contributed by atoms with Crippen LogP contribution in [0.5, 0.6) is 0 Å². The van der Waals surface area contributed by atoms with Gasteiger partial charge in [0.25, 0.3) is 5.91 Å². The van der Waals surface area contributed by atoms with Gasteiger partial charge in [-0.05, 0) is 31.9 Å². The molecule has 4 heteroatoms. The maximum atomic E-state index is 12.0. The monoisotopic (exact) mass is 241 g/mol. The zero-order chi connectivity index (χ0) is 13.1. The standard InChI is InChI=1S/C14H15N3O/c1-9-6-10(2)13(11(3)7-9)17-14(18)12-8-15-4-5-16-12/h4-8H,1-3H3,(H,17,18). The molecule has 1 amide bonds. The van der Waals surface area contributed by atoms with Gasteiger partial charge in [-0.2, -0.15) is 0 Å². The van der Waals surface area contributed by atoms with Gasteiger partial charge in [-0.3, -0.25) is 9.78 Å². The molecular formula is C14H15N3O. The molecule has 0 spiro atoms. The molecule has 0 aliphatic rings. The van der Waals surface area contributed by atoms with Gasteiger partial charge >= 0.3 is 0 Å². The summed E-state index contributed by atoms with van der Waals surface area (Å²) in [7, 11) is 0. The zero-order valence-electron chi connectivity index (χ0n) is 10.7. The topological polar surface area (TPSA) is 54.9 Å². The van der Waals surface area contributed by atoms with Crippen LogP contribution in [0.2, 0.25) is 0 Å². The van der Waals surface area contributed by atoms with E-state index in [1.807, 2.05) is 32.9 Å². The summed E-state index contributed by atoms with van der Waals surface area (Å²) in [6, 6.07) is 4.08. The number of nitrogens with zero attached hydrogens (tertiary/aromatic N) is 2. The Kier molecular flexibility index (Phi) is 3.37. The van der Waals surface area contributed by atoms with Crippen LogP contribution in [0.4, 0.5) is 5.69 Å². The fourth-order valence-electron chi connectivity index (χ4n) is 1.97. The van der Waals surface area contributed by atoms with Crippen molar-refractivity contribution in [3.63, 3.8) is 0 Å². The third-order valence-corrected chi connectivity index (χ3v) is 2.71. The molecule has 2 aromatic rings. The second kappa shape index (κ2) is 4.96. The maximum Gasteiger partial charge on any atom is 0.275 e. The first-order chi connectivity index (χ1) is 8.58. The smallest absolute Gasteiger partial charge is 0.275 e. The molecule has 2 rings (SSSR count). The van der Waals surface area contributed by atoms with E-state index in [4.69, 9.17) is 0 Å². The number of carbonyl (C=O) groups excluding carboxylic acids is 1. The number of aromatic nitrogens is 2. The fraction of sp³-hybridized carbons (Fsp3) is 0.214. The molecule has 1 aromatic carbocycles. The Morgan fingerprint density at radius 1 is 1.11 bits per heavy atom. The first-order valence-electron chi connectivity index (χ1n) is 5.73. The largest absolute Gasteiger partial charge is 0.320 e. The Balaban J connectivity index is 2.28. The first kappa shape index (κ1) is 12.2. The Morgan fingerprint density at radius 2 is 1.78 bits per heavy atom. The van der Waals surface area contributed by atoms with Crippen molar-refractivity contribution in [1.82, 2.24) is 9.97 Å². The highest BCUT2D eigenvalue weighted by Gasteiger charge is 2.11. The molecule has 1 heterocycles. The average Bonchev–Trinajstić information content (AvgIpc) is 2.34. The third-order valence-electron chi connectivity index (χ3n) is 2.71. The summed E-state index contributed by atoms with van der Waals surface area (Å²) in [6.45, 7) is 5.99. The van der Waals surface area contributed by atoms with Crippen LogP contribution in [-0.2, 0) is 0 Å². The molecule has 1 N–H and O–H groups in total. The van der Waals surface area contributed by atoms with Crippen LogP contribution in [-0.4, -0.2) is 15.9 Å². The fourth-order valence-corrected chi connectivity index (χ4v) is 1.97. The van der Waals surface area contributed by atoms with E-state index in [1.165, 1.54) is 18.0 Å². The van der Waals surface area contributed by atoms with Crippen molar-refractivity contribution >= 4 is 11.6 Å². The number of anilines is 1. The maximum absolute atomic E-state index is 12.0. The number of hydrogen-bond donors (Lipinski definition) is 1. The molecule has 0 bridgehead atoms. The summed E-state index contributed by atoms with van der Waals surface area (Å²) < 4.78 is 0. The van der Waals surface area contributed by atoms with Crippen LogP contribution in [0.3, 0.4) is 0 Å². The van der Waals surface area contributed by atoms with Crippen molar-refractivity contribution in [3.05, 3.63) is 53.1 Å². The number of hydrogen-bond acceptors (Lipinski definition) is 3. The van der Waals surface area contributed by atoms with Gasteiger partial charge in [0, 0.05) is 18.1 Å². The van der Waals surface area contributed by atoms with Crippen LogP contribution in [0.1, 0.15) is 27.2 Å². The summed E-state index contributed by atoms with van der Waals surface area (Å²) >= 11 is 0. The van der Waals surface area contributed by atoms with Crippen molar-refractivity contribution in [2.24, 2.45) is 0 Å². The highest BCUT2D eigenvalue weighted by atomic mass is 16.1. The summed E-state index contributed by atoms with van der Waals surface area (Å²) in [5.41, 5.74) is 4.44. The zero-order valence-corrected chi connectivity index (χ0v) is 10.7. The molecule has 0 unspecified atom stereocenters. The van der Waals surface area contributed by atoms with Gasteiger partial charge in [-0.1, -0.05) is 17.7 Å². The van der Waals surface area contributed by atoms with Gasteiger partial charge in [0.1, 0.15) is 5.69 Å². The highest BCUT2D eigenvalue weighted by Crippen LogP contribution is 2.22. The van der Waals surface area contributed by atoms with E-state index >= 15 is 0 Å². The molecule has 92 valence electrons. The normalized spacial score (nSPS) is 10.2. The molecule has 0 aliphatic heterocycles. The predicted molar refractivity (Wildman–Crippen MR) is 70.6 cm³/mol. The summed E-state index contributed by atoms with van der Waals surface area (Å²) in [6.07, 6.45) is 4.50. The second-order valence-corrected chi connectivity index (χ2v) is 4.32. The van der Waals surface area contributed by atoms with Crippen LogP contribution in [0, 0.1) is 20.8 Å². The van der Waals surface area contributed by atoms with Crippen molar-refractivity contribution in [2.45, 2.75) is 20.8 Å². The lowest BCUT2D eigenvalue weighted by Gasteiger charge is -2.12. The SMILES string of the molecule is Cc1cc(C)c(NC(=O)c2cnccn2)c(C)c1. The third kappa shape index (κ3) is 2.53. The number of aryl methyl sites for hydroxylation is 3. The Hall–Kier alpha value is -2.23. The van der Waals surface area contributed by atoms with Crippen molar-refractivity contribution < 1.29 is 4.79 Å². The Labute approximate surface area is 106 Å². The van der Waals surface area contributed by atoms with E-state index in [0.717, 1.165) is 16.8 Å². The van der Waals surface area contributed by atoms with Crippen molar-refractivity contribution in [2.75, 3.05) is 5.32 Å². The molecule has 1 aromatic heterocycles. The molecule has 0 aliphatic carbocycles. The number of amides is 1. The molecule has 0 radical (unpaired) electrons.